The first-order valence-corrected chi connectivity index (χ1v) is 4.42. The molecule has 1 N–H and O–H groups in total. The smallest absolute Gasteiger partial charge is 0.195 e. The summed E-state index contributed by atoms with van der Waals surface area (Å²) in [6.07, 6.45) is 1.65. The van der Waals surface area contributed by atoms with Gasteiger partial charge < -0.3 is 14.0 Å². The normalized spacial score (nSPS) is 10.5. The largest absolute Gasteiger partial charge is 0.382 e. The van der Waals surface area contributed by atoms with Gasteiger partial charge in [-0.2, -0.15) is 5.10 Å². The first-order valence-electron chi connectivity index (χ1n) is 4.01. The average Bonchev–Trinajstić information content (AvgIpc) is 2.52. The fourth-order valence-electron chi connectivity index (χ4n) is 0.837. The summed E-state index contributed by atoms with van der Waals surface area (Å²) >= 11 is 4.95. The Balaban J connectivity index is 2.13. The van der Waals surface area contributed by atoms with E-state index in [1.165, 1.54) is 0 Å². The second-order valence-corrected chi connectivity index (χ2v) is 2.85. The van der Waals surface area contributed by atoms with Crippen molar-refractivity contribution in [2.24, 2.45) is 0 Å². The number of rotatable bonds is 6. The first kappa shape index (κ1) is 10.4. The number of hydrogen-bond acceptors (Lipinski definition) is 4. The fourth-order valence-corrected chi connectivity index (χ4v) is 1.03. The highest BCUT2D eigenvalue weighted by Gasteiger charge is 1.93. The van der Waals surface area contributed by atoms with Gasteiger partial charge >= 0.3 is 0 Å². The molecule has 0 radical (unpaired) electrons. The van der Waals surface area contributed by atoms with Gasteiger partial charge in [-0.05, 0) is 12.2 Å². The monoisotopic (exact) mass is 203 g/mol. The Morgan fingerprint density at radius 1 is 1.54 bits per heavy atom. The maximum Gasteiger partial charge on any atom is 0.195 e. The molecule has 0 fully saturated rings. The van der Waals surface area contributed by atoms with E-state index in [4.69, 9.17) is 21.7 Å². The Bertz CT molecular complexity index is 283. The van der Waals surface area contributed by atoms with E-state index < -0.39 is 0 Å². The molecular weight excluding hydrogens is 190 g/mol. The molecule has 1 aromatic rings. The third kappa shape index (κ3) is 3.67. The van der Waals surface area contributed by atoms with Crippen molar-refractivity contribution in [1.82, 2.24) is 14.8 Å². The van der Waals surface area contributed by atoms with E-state index in [0.717, 1.165) is 6.54 Å². The minimum atomic E-state index is 0.613. The lowest BCUT2D eigenvalue weighted by Crippen LogP contribution is -2.08. The van der Waals surface area contributed by atoms with Crippen molar-refractivity contribution in [2.45, 2.75) is 6.54 Å². The van der Waals surface area contributed by atoms with Crippen molar-refractivity contribution in [2.75, 3.05) is 26.9 Å². The molecule has 0 aliphatic heterocycles. The minimum Gasteiger partial charge on any atom is -0.382 e. The number of aromatic nitrogens is 3. The summed E-state index contributed by atoms with van der Waals surface area (Å²) < 4.78 is 12.5. The van der Waals surface area contributed by atoms with Crippen LogP contribution in [0.1, 0.15) is 0 Å². The van der Waals surface area contributed by atoms with Crippen LogP contribution in [0.15, 0.2) is 6.33 Å². The highest BCUT2D eigenvalue weighted by atomic mass is 32.1. The van der Waals surface area contributed by atoms with Crippen LogP contribution in [0.3, 0.4) is 0 Å². The lowest BCUT2D eigenvalue weighted by molar-refractivity contribution is 0.0664. The lowest BCUT2D eigenvalue weighted by Gasteiger charge is -2.03. The van der Waals surface area contributed by atoms with Crippen molar-refractivity contribution in [3.8, 4) is 0 Å². The molecule has 0 spiro atoms. The predicted octanol–water partition coefficient (Wildman–Crippen LogP) is 0.604. The van der Waals surface area contributed by atoms with Gasteiger partial charge in [-0.25, -0.2) is 0 Å². The van der Waals surface area contributed by atoms with Gasteiger partial charge in [0, 0.05) is 13.7 Å². The number of nitrogens with zero attached hydrogens (tertiary/aromatic N) is 2. The van der Waals surface area contributed by atoms with Crippen LogP contribution in [0, 0.1) is 4.77 Å². The summed E-state index contributed by atoms with van der Waals surface area (Å²) in [5.41, 5.74) is 0. The molecule has 0 aliphatic rings. The van der Waals surface area contributed by atoms with Crippen LogP contribution in [0.4, 0.5) is 0 Å². The molecule has 0 aromatic carbocycles. The summed E-state index contributed by atoms with van der Waals surface area (Å²) in [7, 11) is 1.65. The molecule has 0 saturated carbocycles. The van der Waals surface area contributed by atoms with E-state index in [0.29, 0.717) is 24.6 Å². The Hall–Kier alpha value is -0.720. The molecule has 5 nitrogen and oxygen atoms in total. The Labute approximate surface area is 81.7 Å². The van der Waals surface area contributed by atoms with E-state index in [9.17, 15) is 0 Å². The summed E-state index contributed by atoms with van der Waals surface area (Å²) in [5.74, 6) is 0. The third-order valence-electron chi connectivity index (χ3n) is 1.53. The van der Waals surface area contributed by atoms with E-state index in [-0.39, 0.29) is 0 Å². The standard InChI is InChI=1S/C7H13N3O2S/c1-11-4-5-12-3-2-10-6-8-9-7(10)13/h6H,2-5H2,1H3,(H,9,13). The summed E-state index contributed by atoms with van der Waals surface area (Å²) in [6.45, 7) is 2.58. The maximum atomic E-state index is 5.27. The van der Waals surface area contributed by atoms with E-state index in [1.54, 1.807) is 13.4 Å². The van der Waals surface area contributed by atoms with Gasteiger partial charge in [-0.3, -0.25) is 5.10 Å². The molecule has 6 heteroatoms. The van der Waals surface area contributed by atoms with Gasteiger partial charge in [0.1, 0.15) is 6.33 Å². The van der Waals surface area contributed by atoms with Gasteiger partial charge in [0.2, 0.25) is 0 Å². The number of aromatic amines is 1. The molecule has 74 valence electrons. The molecule has 0 unspecified atom stereocenters. The van der Waals surface area contributed by atoms with E-state index in [2.05, 4.69) is 10.2 Å². The second-order valence-electron chi connectivity index (χ2n) is 2.46. The van der Waals surface area contributed by atoms with Crippen molar-refractivity contribution in [3.05, 3.63) is 11.1 Å². The minimum absolute atomic E-state index is 0.613. The zero-order chi connectivity index (χ0) is 9.52. The number of H-pyrrole nitrogens is 1. The highest BCUT2D eigenvalue weighted by molar-refractivity contribution is 7.71. The van der Waals surface area contributed by atoms with Crippen LogP contribution in [0.2, 0.25) is 0 Å². The maximum absolute atomic E-state index is 5.27. The number of hydrogen-bond donors (Lipinski definition) is 1. The Kier molecular flexibility index (Phi) is 4.66. The van der Waals surface area contributed by atoms with E-state index >= 15 is 0 Å². The van der Waals surface area contributed by atoms with Crippen LogP contribution in [-0.4, -0.2) is 41.7 Å². The zero-order valence-electron chi connectivity index (χ0n) is 7.52. The van der Waals surface area contributed by atoms with Gasteiger partial charge in [0.05, 0.1) is 19.8 Å². The molecule has 1 heterocycles. The molecule has 0 saturated heterocycles. The quantitative estimate of drug-likeness (QED) is 0.543. The summed E-state index contributed by atoms with van der Waals surface area (Å²) in [4.78, 5) is 0. The average molecular weight is 203 g/mol. The molecule has 1 rings (SSSR count). The third-order valence-corrected chi connectivity index (χ3v) is 1.85. The predicted molar refractivity (Wildman–Crippen MR) is 50.1 cm³/mol. The molecule has 1 aromatic heterocycles. The first-order chi connectivity index (χ1) is 6.34. The molecule has 0 amide bonds. The van der Waals surface area contributed by atoms with Crippen LogP contribution in [-0.2, 0) is 16.0 Å². The van der Waals surface area contributed by atoms with Crippen LogP contribution in [0.5, 0.6) is 0 Å². The van der Waals surface area contributed by atoms with Crippen LogP contribution in [0.25, 0.3) is 0 Å². The van der Waals surface area contributed by atoms with Gasteiger partial charge in [-0.1, -0.05) is 0 Å². The van der Waals surface area contributed by atoms with Crippen LogP contribution >= 0.6 is 12.2 Å². The van der Waals surface area contributed by atoms with Crippen LogP contribution < -0.4 is 0 Å². The Morgan fingerprint density at radius 3 is 3.00 bits per heavy atom. The molecule has 0 bridgehead atoms. The second kappa shape index (κ2) is 5.85. The lowest BCUT2D eigenvalue weighted by atomic mass is 10.6. The highest BCUT2D eigenvalue weighted by Crippen LogP contribution is 1.87. The van der Waals surface area contributed by atoms with E-state index in [1.807, 2.05) is 4.57 Å². The fraction of sp³-hybridized carbons (Fsp3) is 0.714. The Morgan fingerprint density at radius 2 is 2.38 bits per heavy atom. The summed E-state index contributed by atoms with van der Waals surface area (Å²) in [5, 5.41) is 6.46. The van der Waals surface area contributed by atoms with Crippen molar-refractivity contribution in [3.63, 3.8) is 0 Å². The summed E-state index contributed by atoms with van der Waals surface area (Å²) in [6, 6.07) is 0. The molecule has 0 aliphatic carbocycles. The van der Waals surface area contributed by atoms with Gasteiger partial charge in [0.25, 0.3) is 0 Å². The number of ether oxygens (including phenoxy) is 2. The van der Waals surface area contributed by atoms with Gasteiger partial charge in [0.15, 0.2) is 4.77 Å². The van der Waals surface area contributed by atoms with Crippen molar-refractivity contribution in [1.29, 1.82) is 0 Å². The molecule has 13 heavy (non-hydrogen) atoms. The van der Waals surface area contributed by atoms with Crippen molar-refractivity contribution < 1.29 is 9.47 Å². The molecular formula is C7H13N3O2S. The number of nitrogens with one attached hydrogen (secondary N) is 1. The van der Waals surface area contributed by atoms with Crippen molar-refractivity contribution >= 4 is 12.2 Å². The number of methoxy groups -OCH3 is 1. The molecule has 0 atom stereocenters. The van der Waals surface area contributed by atoms with Gasteiger partial charge in [-0.15, -0.1) is 0 Å². The zero-order valence-corrected chi connectivity index (χ0v) is 8.34. The topological polar surface area (TPSA) is 52.1 Å². The SMILES string of the molecule is COCCOCCn1cn[nH]c1=S.